The Morgan fingerprint density at radius 2 is 1.62 bits per heavy atom. The number of hydrogen-bond donors (Lipinski definition) is 1. The largest absolute Gasteiger partial charge is 0.483 e. The summed E-state index contributed by atoms with van der Waals surface area (Å²) in [6.45, 7) is 9.73. The van der Waals surface area contributed by atoms with Gasteiger partial charge < -0.3 is 15.0 Å². The van der Waals surface area contributed by atoms with Crippen molar-refractivity contribution < 1.29 is 14.3 Å². The number of rotatable bonds is 7. The van der Waals surface area contributed by atoms with Crippen LogP contribution in [0.25, 0.3) is 10.8 Å². The first-order valence-corrected chi connectivity index (χ1v) is 10.9. The summed E-state index contributed by atoms with van der Waals surface area (Å²) in [5.74, 6) is 0.224. The third-order valence-corrected chi connectivity index (χ3v) is 5.37. The fourth-order valence-electron chi connectivity index (χ4n) is 3.57. The van der Waals surface area contributed by atoms with Crippen LogP contribution in [0.1, 0.15) is 38.8 Å². The molecule has 0 spiro atoms. The molecular formula is C27H32N2O3. The molecule has 0 fully saturated rings. The number of fused-ring (bicyclic) bond motifs is 1. The van der Waals surface area contributed by atoms with Gasteiger partial charge in [-0.1, -0.05) is 60.7 Å². The second-order valence-corrected chi connectivity index (χ2v) is 9.13. The first kappa shape index (κ1) is 23.3. The number of carbonyl (C=O) groups is 2. The highest BCUT2D eigenvalue weighted by molar-refractivity contribution is 5.90. The van der Waals surface area contributed by atoms with Gasteiger partial charge in [0.15, 0.2) is 6.61 Å². The predicted molar refractivity (Wildman–Crippen MR) is 129 cm³/mol. The van der Waals surface area contributed by atoms with Crippen molar-refractivity contribution in [3.05, 3.63) is 77.9 Å². The van der Waals surface area contributed by atoms with Gasteiger partial charge in [0.1, 0.15) is 11.8 Å². The molecule has 0 radical (unpaired) electrons. The van der Waals surface area contributed by atoms with Crippen LogP contribution in [-0.4, -0.2) is 34.9 Å². The highest BCUT2D eigenvalue weighted by atomic mass is 16.5. The van der Waals surface area contributed by atoms with Gasteiger partial charge in [-0.3, -0.25) is 9.59 Å². The van der Waals surface area contributed by atoms with Gasteiger partial charge in [0.05, 0.1) is 0 Å². The zero-order valence-corrected chi connectivity index (χ0v) is 19.5. The molecule has 5 nitrogen and oxygen atoms in total. The van der Waals surface area contributed by atoms with E-state index in [-0.39, 0.29) is 24.0 Å². The summed E-state index contributed by atoms with van der Waals surface area (Å²) in [6.07, 6.45) is 0. The molecule has 0 aromatic heterocycles. The van der Waals surface area contributed by atoms with E-state index >= 15 is 0 Å². The smallest absolute Gasteiger partial charge is 0.261 e. The molecule has 1 atom stereocenters. The van der Waals surface area contributed by atoms with Crippen LogP contribution < -0.4 is 10.1 Å². The average molecular weight is 433 g/mol. The Balaban J connectivity index is 1.82. The molecule has 3 rings (SSSR count). The van der Waals surface area contributed by atoms with Crippen molar-refractivity contribution in [2.24, 2.45) is 0 Å². The summed E-state index contributed by atoms with van der Waals surface area (Å²) in [7, 11) is 0. The molecule has 0 saturated heterocycles. The maximum atomic E-state index is 13.3. The number of aryl methyl sites for hydroxylation is 1. The van der Waals surface area contributed by atoms with Crippen LogP contribution in [0.4, 0.5) is 0 Å². The van der Waals surface area contributed by atoms with Gasteiger partial charge in [-0.25, -0.2) is 0 Å². The number of ether oxygens (including phenoxy) is 1. The van der Waals surface area contributed by atoms with E-state index < -0.39 is 6.04 Å². The summed E-state index contributed by atoms with van der Waals surface area (Å²) in [4.78, 5) is 27.8. The second-order valence-electron chi connectivity index (χ2n) is 9.13. The Kier molecular flexibility index (Phi) is 7.18. The van der Waals surface area contributed by atoms with Gasteiger partial charge in [0.2, 0.25) is 5.91 Å². The van der Waals surface area contributed by atoms with E-state index in [0.29, 0.717) is 12.3 Å². The van der Waals surface area contributed by atoms with Crippen LogP contribution in [0.2, 0.25) is 0 Å². The minimum absolute atomic E-state index is 0.146. The normalized spacial score (nSPS) is 12.3. The molecule has 0 aliphatic heterocycles. The Morgan fingerprint density at radius 1 is 0.969 bits per heavy atom. The summed E-state index contributed by atoms with van der Waals surface area (Å²) in [5, 5.41) is 4.98. The first-order chi connectivity index (χ1) is 15.2. The van der Waals surface area contributed by atoms with Gasteiger partial charge in [-0.15, -0.1) is 0 Å². The summed E-state index contributed by atoms with van der Waals surface area (Å²) in [6, 6.07) is 20.9. The summed E-state index contributed by atoms with van der Waals surface area (Å²) < 4.78 is 5.94. The van der Waals surface area contributed by atoms with Crippen molar-refractivity contribution in [3.8, 4) is 5.75 Å². The van der Waals surface area contributed by atoms with E-state index in [1.807, 2.05) is 94.4 Å². The van der Waals surface area contributed by atoms with Crippen molar-refractivity contribution in [1.29, 1.82) is 0 Å². The van der Waals surface area contributed by atoms with E-state index in [2.05, 4.69) is 5.32 Å². The van der Waals surface area contributed by atoms with Crippen LogP contribution in [0, 0.1) is 6.92 Å². The Labute approximate surface area is 190 Å². The van der Waals surface area contributed by atoms with Crippen LogP contribution in [0.3, 0.4) is 0 Å². The molecule has 3 aromatic carbocycles. The van der Waals surface area contributed by atoms with Gasteiger partial charge in [0, 0.05) is 17.5 Å². The molecule has 3 aromatic rings. The second kappa shape index (κ2) is 9.86. The molecule has 0 bridgehead atoms. The van der Waals surface area contributed by atoms with Gasteiger partial charge in [0.25, 0.3) is 5.91 Å². The minimum Gasteiger partial charge on any atom is -0.483 e. The molecule has 2 amide bonds. The molecule has 0 unspecified atom stereocenters. The molecule has 32 heavy (non-hydrogen) atoms. The van der Waals surface area contributed by atoms with Crippen molar-refractivity contribution in [1.82, 2.24) is 10.2 Å². The molecule has 1 N–H and O–H groups in total. The van der Waals surface area contributed by atoms with Crippen molar-refractivity contribution in [2.45, 2.75) is 52.7 Å². The summed E-state index contributed by atoms with van der Waals surface area (Å²) in [5.41, 5.74) is 1.69. The lowest BCUT2D eigenvalue weighted by molar-refractivity contribution is -0.142. The number of hydrogen-bond acceptors (Lipinski definition) is 3. The van der Waals surface area contributed by atoms with Crippen LogP contribution in [0.5, 0.6) is 5.75 Å². The van der Waals surface area contributed by atoms with Crippen molar-refractivity contribution in [2.75, 3.05) is 6.61 Å². The van der Waals surface area contributed by atoms with Crippen molar-refractivity contribution >= 4 is 22.6 Å². The van der Waals surface area contributed by atoms with E-state index in [0.717, 1.165) is 21.9 Å². The monoisotopic (exact) mass is 432 g/mol. The van der Waals surface area contributed by atoms with Gasteiger partial charge in [-0.2, -0.15) is 0 Å². The lowest BCUT2D eigenvalue weighted by Gasteiger charge is -2.31. The lowest BCUT2D eigenvalue weighted by atomic mass is 10.1. The molecule has 0 aliphatic carbocycles. The zero-order valence-electron chi connectivity index (χ0n) is 19.5. The predicted octanol–water partition coefficient (Wildman–Crippen LogP) is 4.86. The number of nitrogens with zero attached hydrogens (tertiary/aromatic N) is 1. The highest BCUT2D eigenvalue weighted by Gasteiger charge is 2.29. The van der Waals surface area contributed by atoms with Gasteiger partial charge in [-0.05, 0) is 57.2 Å². The lowest BCUT2D eigenvalue weighted by Crippen LogP contribution is -2.53. The number of benzene rings is 3. The van der Waals surface area contributed by atoms with Crippen LogP contribution in [-0.2, 0) is 16.1 Å². The molecule has 168 valence electrons. The average Bonchev–Trinajstić information content (AvgIpc) is 2.75. The molecule has 0 saturated carbocycles. The maximum Gasteiger partial charge on any atom is 0.261 e. The SMILES string of the molecule is Cc1ccccc1CN(C(=O)COc1cccc2ccccc12)[C@@H](C)C(=O)NC(C)(C)C. The van der Waals surface area contributed by atoms with Gasteiger partial charge >= 0.3 is 0 Å². The van der Waals surface area contributed by atoms with E-state index in [1.54, 1.807) is 11.8 Å². The Hall–Kier alpha value is -3.34. The molecular weight excluding hydrogens is 400 g/mol. The van der Waals surface area contributed by atoms with Crippen molar-refractivity contribution in [3.63, 3.8) is 0 Å². The fraction of sp³-hybridized carbons (Fsp3) is 0.333. The molecule has 5 heteroatoms. The Bertz CT molecular complexity index is 1100. The topological polar surface area (TPSA) is 58.6 Å². The first-order valence-electron chi connectivity index (χ1n) is 10.9. The maximum absolute atomic E-state index is 13.3. The number of amides is 2. The number of nitrogens with one attached hydrogen (secondary N) is 1. The Morgan fingerprint density at radius 3 is 2.34 bits per heavy atom. The summed E-state index contributed by atoms with van der Waals surface area (Å²) >= 11 is 0. The van der Waals surface area contributed by atoms with E-state index in [9.17, 15) is 9.59 Å². The molecule has 0 heterocycles. The molecule has 0 aliphatic rings. The highest BCUT2D eigenvalue weighted by Crippen LogP contribution is 2.25. The fourth-order valence-corrected chi connectivity index (χ4v) is 3.57. The standard InChI is InChI=1S/C27H32N2O3/c1-19-11-6-7-13-22(19)17-29(20(2)26(31)28-27(3,4)5)25(30)18-32-24-16-10-14-21-12-8-9-15-23(21)24/h6-16,20H,17-18H2,1-5H3,(H,28,31)/t20-/m0/s1. The van der Waals surface area contributed by atoms with Crippen LogP contribution in [0.15, 0.2) is 66.7 Å². The third kappa shape index (κ3) is 5.88. The third-order valence-electron chi connectivity index (χ3n) is 5.37. The number of carbonyl (C=O) groups excluding carboxylic acids is 2. The van der Waals surface area contributed by atoms with E-state index in [4.69, 9.17) is 4.74 Å². The zero-order chi connectivity index (χ0) is 23.3. The van der Waals surface area contributed by atoms with E-state index in [1.165, 1.54) is 0 Å². The minimum atomic E-state index is -0.641. The van der Waals surface area contributed by atoms with Crippen LogP contribution >= 0.6 is 0 Å². The quantitative estimate of drug-likeness (QED) is 0.580.